The molecule has 3 amide bonds. The van der Waals surface area contributed by atoms with E-state index in [0.29, 0.717) is 41.9 Å². The second kappa shape index (κ2) is 10.9. The lowest BCUT2D eigenvalue weighted by molar-refractivity contribution is 0.00783. The quantitative estimate of drug-likeness (QED) is 0.407. The summed E-state index contributed by atoms with van der Waals surface area (Å²) in [6.07, 6.45) is 1.74. The van der Waals surface area contributed by atoms with Crippen LogP contribution in [0, 0.1) is 31.1 Å². The van der Waals surface area contributed by atoms with E-state index in [2.05, 4.69) is 16.4 Å². The van der Waals surface area contributed by atoms with E-state index < -0.39 is 5.60 Å². The summed E-state index contributed by atoms with van der Waals surface area (Å²) in [5.74, 6) is 0.370. The first-order chi connectivity index (χ1) is 19.0. The summed E-state index contributed by atoms with van der Waals surface area (Å²) in [6, 6.07) is 13.2. The molecule has 1 saturated carbocycles. The number of carbonyl (C=O) groups is 2. The molecule has 0 bridgehead atoms. The van der Waals surface area contributed by atoms with Gasteiger partial charge in [0, 0.05) is 36.6 Å². The van der Waals surface area contributed by atoms with Crippen molar-refractivity contribution < 1.29 is 14.3 Å². The molecule has 10 heteroatoms. The minimum Gasteiger partial charge on any atom is -0.444 e. The number of benzene rings is 1. The van der Waals surface area contributed by atoms with E-state index in [9.17, 15) is 14.9 Å². The average Bonchev–Trinajstić information content (AvgIpc) is 3.66. The van der Waals surface area contributed by atoms with Crippen molar-refractivity contribution in [1.82, 2.24) is 19.8 Å². The molecule has 1 aromatic carbocycles. The number of nitriles is 1. The molecule has 2 aromatic heterocycles. The summed E-state index contributed by atoms with van der Waals surface area (Å²) >= 11 is 1.40. The summed E-state index contributed by atoms with van der Waals surface area (Å²) < 4.78 is 5.59. The van der Waals surface area contributed by atoms with Crippen LogP contribution in [0.5, 0.6) is 0 Å². The molecule has 9 nitrogen and oxygen atoms in total. The topological polar surface area (TPSA) is 111 Å². The first kappa shape index (κ1) is 27.6. The van der Waals surface area contributed by atoms with Crippen LogP contribution in [0.4, 0.5) is 14.7 Å². The summed E-state index contributed by atoms with van der Waals surface area (Å²) in [7, 11) is 0. The van der Waals surface area contributed by atoms with Crippen LogP contribution in [0.2, 0.25) is 0 Å². The molecule has 1 aliphatic carbocycles. The molecule has 1 saturated heterocycles. The van der Waals surface area contributed by atoms with E-state index in [1.165, 1.54) is 11.3 Å². The summed E-state index contributed by atoms with van der Waals surface area (Å²) in [5, 5.41) is 13.0. The van der Waals surface area contributed by atoms with Crippen LogP contribution >= 0.6 is 11.3 Å². The van der Waals surface area contributed by atoms with Gasteiger partial charge in [-0.1, -0.05) is 23.5 Å². The Morgan fingerprint density at radius 3 is 2.45 bits per heavy atom. The van der Waals surface area contributed by atoms with Crippen molar-refractivity contribution in [3.8, 4) is 27.8 Å². The maximum Gasteiger partial charge on any atom is 0.410 e. The number of aromatic nitrogens is 2. The van der Waals surface area contributed by atoms with Gasteiger partial charge in [0.05, 0.1) is 28.2 Å². The molecule has 0 radical (unpaired) electrons. The van der Waals surface area contributed by atoms with E-state index in [1.807, 2.05) is 69.9 Å². The van der Waals surface area contributed by atoms with Crippen LogP contribution in [0.15, 0.2) is 36.4 Å². The summed E-state index contributed by atoms with van der Waals surface area (Å²) in [5.41, 5.74) is 4.22. The van der Waals surface area contributed by atoms with E-state index in [4.69, 9.17) is 9.72 Å². The molecule has 1 aliphatic heterocycles. The number of pyridine rings is 1. The van der Waals surface area contributed by atoms with Crippen LogP contribution in [-0.4, -0.2) is 63.2 Å². The van der Waals surface area contributed by atoms with Crippen LogP contribution in [0.25, 0.3) is 21.7 Å². The number of aryl methyl sites for hydroxylation is 2. The Hall–Kier alpha value is -3.97. The number of thiazole rings is 1. The molecule has 3 aromatic rings. The monoisotopic (exact) mass is 558 g/mol. The Labute approximate surface area is 238 Å². The zero-order valence-electron chi connectivity index (χ0n) is 23.5. The van der Waals surface area contributed by atoms with Crippen molar-refractivity contribution in [2.75, 3.05) is 25.0 Å². The van der Waals surface area contributed by atoms with Crippen molar-refractivity contribution in [1.29, 1.82) is 5.26 Å². The minimum absolute atomic E-state index is 0.0713. The third-order valence-corrected chi connectivity index (χ3v) is 7.97. The fourth-order valence-electron chi connectivity index (χ4n) is 5.07. The number of ether oxygens (including phenoxy) is 1. The Morgan fingerprint density at radius 2 is 1.80 bits per heavy atom. The third-order valence-electron chi connectivity index (χ3n) is 6.95. The Balaban J connectivity index is 1.41. The molecular formula is C30H34N6O3S. The van der Waals surface area contributed by atoms with Crippen molar-refractivity contribution in [3.05, 3.63) is 53.3 Å². The van der Waals surface area contributed by atoms with Gasteiger partial charge < -0.3 is 14.5 Å². The zero-order valence-corrected chi connectivity index (χ0v) is 24.3. The number of nitrogens with zero attached hydrogens (tertiary/aromatic N) is 5. The maximum absolute atomic E-state index is 13.6. The predicted molar refractivity (Wildman–Crippen MR) is 155 cm³/mol. The Bertz CT molecular complexity index is 1460. The highest BCUT2D eigenvalue weighted by Crippen LogP contribution is 2.41. The fourth-order valence-corrected chi connectivity index (χ4v) is 6.03. The lowest BCUT2D eigenvalue weighted by Gasteiger charge is -2.41. The van der Waals surface area contributed by atoms with Gasteiger partial charge in [-0.15, -0.1) is 0 Å². The molecule has 1 atom stereocenters. The van der Waals surface area contributed by atoms with Gasteiger partial charge in [-0.25, -0.2) is 14.6 Å². The number of anilines is 1. The smallest absolute Gasteiger partial charge is 0.410 e. The fraction of sp³-hybridized carbons (Fsp3) is 0.433. The molecule has 2 aliphatic rings. The standard InChI is InChI=1S/C30H34N6O3S/c1-18-13-23(14-19(2)32-18)26-25(22-8-6-7-20(15-22)16-31)33-27(40-26)34-28(37)36-12-11-35(17-24(36)21-9-10-21)29(38)39-30(3,4)5/h6-8,13-15,21,24H,9-12,17H2,1-5H3,(H,33,34,37). The average molecular weight is 559 g/mol. The van der Waals surface area contributed by atoms with Gasteiger partial charge in [0.2, 0.25) is 0 Å². The van der Waals surface area contributed by atoms with E-state index in [-0.39, 0.29) is 18.2 Å². The minimum atomic E-state index is -0.570. The van der Waals surface area contributed by atoms with E-state index in [1.54, 1.807) is 11.0 Å². The maximum atomic E-state index is 13.6. The van der Waals surface area contributed by atoms with Crippen molar-refractivity contribution in [2.24, 2.45) is 5.92 Å². The van der Waals surface area contributed by atoms with Gasteiger partial charge in [0.1, 0.15) is 5.60 Å². The van der Waals surface area contributed by atoms with Gasteiger partial charge in [0.15, 0.2) is 5.13 Å². The van der Waals surface area contributed by atoms with Crippen LogP contribution < -0.4 is 5.32 Å². The number of nitrogens with one attached hydrogen (secondary N) is 1. The van der Waals surface area contributed by atoms with E-state index >= 15 is 0 Å². The number of piperazine rings is 1. The first-order valence-electron chi connectivity index (χ1n) is 13.5. The SMILES string of the molecule is Cc1cc(-c2sc(NC(=O)N3CCN(C(=O)OC(C)(C)C)CC3C3CC3)nc2-c2cccc(C#N)c2)cc(C)n1. The lowest BCUT2D eigenvalue weighted by atomic mass is 10.0. The normalized spacial score (nSPS) is 17.4. The van der Waals surface area contributed by atoms with Crippen LogP contribution in [0.1, 0.15) is 50.6 Å². The first-order valence-corrected chi connectivity index (χ1v) is 14.3. The van der Waals surface area contributed by atoms with Gasteiger partial charge in [-0.05, 0) is 83.2 Å². The molecule has 1 unspecified atom stereocenters. The zero-order chi connectivity index (χ0) is 28.6. The highest BCUT2D eigenvalue weighted by Gasteiger charge is 2.42. The summed E-state index contributed by atoms with van der Waals surface area (Å²) in [6.45, 7) is 10.8. The molecule has 3 heterocycles. The number of amides is 3. The molecule has 0 spiro atoms. The number of urea groups is 1. The van der Waals surface area contributed by atoms with Crippen molar-refractivity contribution in [3.63, 3.8) is 0 Å². The largest absolute Gasteiger partial charge is 0.444 e. The van der Waals surface area contributed by atoms with Gasteiger partial charge in [-0.2, -0.15) is 5.26 Å². The summed E-state index contributed by atoms with van der Waals surface area (Å²) in [4.78, 5) is 40.1. The van der Waals surface area contributed by atoms with Gasteiger partial charge in [-0.3, -0.25) is 10.3 Å². The second-order valence-corrected chi connectivity index (χ2v) is 12.5. The molecule has 5 rings (SSSR count). The van der Waals surface area contributed by atoms with Crippen LogP contribution in [-0.2, 0) is 4.74 Å². The molecule has 208 valence electrons. The predicted octanol–water partition coefficient (Wildman–Crippen LogP) is 6.22. The lowest BCUT2D eigenvalue weighted by Crippen LogP contribution is -2.58. The van der Waals surface area contributed by atoms with Gasteiger partial charge >= 0.3 is 12.1 Å². The number of rotatable bonds is 4. The third kappa shape index (κ3) is 6.26. The molecule has 1 N–H and O–H groups in total. The van der Waals surface area contributed by atoms with Crippen molar-refractivity contribution >= 4 is 28.6 Å². The number of hydrogen-bond acceptors (Lipinski definition) is 7. The highest BCUT2D eigenvalue weighted by atomic mass is 32.1. The van der Waals surface area contributed by atoms with Crippen molar-refractivity contribution in [2.45, 2.75) is 59.1 Å². The number of carbonyl (C=O) groups excluding carboxylic acids is 2. The number of hydrogen-bond donors (Lipinski definition) is 1. The Kier molecular flexibility index (Phi) is 7.51. The molecular weight excluding hydrogens is 524 g/mol. The molecule has 2 fully saturated rings. The molecule has 40 heavy (non-hydrogen) atoms. The Morgan fingerprint density at radius 1 is 1.07 bits per heavy atom. The second-order valence-electron chi connectivity index (χ2n) is 11.5. The van der Waals surface area contributed by atoms with E-state index in [0.717, 1.165) is 40.2 Å². The van der Waals surface area contributed by atoms with Crippen LogP contribution in [0.3, 0.4) is 0 Å². The highest BCUT2D eigenvalue weighted by molar-refractivity contribution is 7.19. The van der Waals surface area contributed by atoms with Gasteiger partial charge in [0.25, 0.3) is 0 Å².